The lowest BCUT2D eigenvalue weighted by Gasteiger charge is -2.38. The molecule has 1 fully saturated rings. The van der Waals surface area contributed by atoms with Gasteiger partial charge in [0.25, 0.3) is 0 Å². The molecule has 0 aliphatic carbocycles. The van der Waals surface area contributed by atoms with E-state index in [9.17, 15) is 14.0 Å². The molecule has 0 spiro atoms. The fraction of sp³-hybridized carbons (Fsp3) is 0.455. The first kappa shape index (κ1) is 19.7. The van der Waals surface area contributed by atoms with Crippen molar-refractivity contribution in [3.8, 4) is 5.69 Å². The van der Waals surface area contributed by atoms with Gasteiger partial charge in [-0.15, -0.1) is 0 Å². The topological polar surface area (TPSA) is 74.0 Å². The summed E-state index contributed by atoms with van der Waals surface area (Å²) in [5.74, 6) is 1.51. The fourth-order valence-electron chi connectivity index (χ4n) is 4.88. The number of urea groups is 1. The lowest BCUT2D eigenvalue weighted by molar-refractivity contribution is -0.132. The highest BCUT2D eigenvalue weighted by Gasteiger charge is 2.42. The Morgan fingerprint density at radius 2 is 1.87 bits per heavy atom. The molecule has 162 valence electrons. The maximum absolute atomic E-state index is 13.5. The molecule has 1 aromatic heterocycles. The van der Waals surface area contributed by atoms with Crippen molar-refractivity contribution < 1.29 is 14.0 Å². The van der Waals surface area contributed by atoms with Gasteiger partial charge in [-0.3, -0.25) is 19.6 Å². The third-order valence-electron chi connectivity index (χ3n) is 6.13. The second kappa shape index (κ2) is 7.47. The average Bonchev–Trinajstić information content (AvgIpc) is 3.38. The molecule has 2 aromatic rings. The fourth-order valence-corrected chi connectivity index (χ4v) is 4.88. The van der Waals surface area contributed by atoms with E-state index < -0.39 is 0 Å². The summed E-state index contributed by atoms with van der Waals surface area (Å²) in [7, 11) is 0. The van der Waals surface area contributed by atoms with Crippen LogP contribution in [0.1, 0.15) is 25.8 Å². The van der Waals surface area contributed by atoms with Crippen LogP contribution in [0.15, 0.2) is 35.5 Å². The molecule has 2 atom stereocenters. The van der Waals surface area contributed by atoms with E-state index in [1.54, 1.807) is 27.9 Å². The summed E-state index contributed by atoms with van der Waals surface area (Å²) in [5.41, 5.74) is 1.31. The number of carbonyl (C=O) groups is 2. The number of halogens is 1. The first-order valence-corrected chi connectivity index (χ1v) is 10.7. The van der Waals surface area contributed by atoms with Crippen molar-refractivity contribution >= 4 is 23.6 Å². The highest BCUT2D eigenvalue weighted by atomic mass is 19.1. The Bertz CT molecular complexity index is 1050. The zero-order valence-electron chi connectivity index (χ0n) is 17.7. The smallest absolute Gasteiger partial charge is 0.331 e. The Balaban J connectivity index is 1.52. The number of aliphatic imine (C=N–C) groups is 1. The molecule has 0 bridgehead atoms. The molecule has 3 amide bonds. The number of rotatable bonds is 3. The molecule has 5 rings (SSSR count). The van der Waals surface area contributed by atoms with Crippen LogP contribution in [0.2, 0.25) is 0 Å². The third-order valence-corrected chi connectivity index (χ3v) is 6.13. The van der Waals surface area contributed by atoms with Crippen LogP contribution < -0.4 is 4.90 Å². The van der Waals surface area contributed by atoms with Crippen LogP contribution in [0.3, 0.4) is 0 Å². The highest BCUT2D eigenvalue weighted by Crippen LogP contribution is 2.33. The molecule has 8 nitrogen and oxygen atoms in total. The lowest BCUT2D eigenvalue weighted by Crippen LogP contribution is -2.54. The maximum Gasteiger partial charge on any atom is 0.331 e. The van der Waals surface area contributed by atoms with Crippen LogP contribution >= 0.6 is 0 Å². The van der Waals surface area contributed by atoms with Crippen LogP contribution in [0.5, 0.6) is 0 Å². The Hall–Kier alpha value is -3.23. The van der Waals surface area contributed by atoms with E-state index in [0.29, 0.717) is 60.9 Å². The van der Waals surface area contributed by atoms with Gasteiger partial charge >= 0.3 is 6.03 Å². The van der Waals surface area contributed by atoms with E-state index in [4.69, 9.17) is 0 Å². The van der Waals surface area contributed by atoms with Crippen LogP contribution in [0, 0.1) is 17.7 Å². The second-order valence-corrected chi connectivity index (χ2v) is 8.74. The number of aromatic nitrogens is 2. The van der Waals surface area contributed by atoms with Crippen molar-refractivity contribution in [3.05, 3.63) is 41.8 Å². The first-order valence-electron chi connectivity index (χ1n) is 10.7. The van der Waals surface area contributed by atoms with Crippen LogP contribution in [-0.4, -0.2) is 70.1 Å². The number of fused-ring (bicyclic) bond motifs is 3. The average molecular weight is 424 g/mol. The minimum absolute atomic E-state index is 0.0675. The van der Waals surface area contributed by atoms with Gasteiger partial charge in [0.15, 0.2) is 5.82 Å². The summed E-state index contributed by atoms with van der Waals surface area (Å²) in [5, 5.41) is 4.45. The van der Waals surface area contributed by atoms with Crippen molar-refractivity contribution in [1.29, 1.82) is 0 Å². The number of piperidine rings is 1. The normalized spacial score (nSPS) is 23.0. The standard InChI is InChI=1S/C22H25FN6O2/c1-14-9-15(2)12-26(11-14)19(30)13-28-21-18(20-24-7-8-27(20)22(28)31)10-25-29(21)17-5-3-16(23)4-6-17/h3-6,10,14-15H,7-9,11-13H2,1-2H3/t14-,15-/m0/s1. The molecule has 3 aliphatic rings. The predicted octanol–water partition coefficient (Wildman–Crippen LogP) is 2.52. The van der Waals surface area contributed by atoms with Crippen molar-refractivity contribution in [3.63, 3.8) is 0 Å². The zero-order chi connectivity index (χ0) is 21.7. The number of hydrogen-bond donors (Lipinski definition) is 0. The van der Waals surface area contributed by atoms with Crippen LogP contribution in [0.25, 0.3) is 5.69 Å². The summed E-state index contributed by atoms with van der Waals surface area (Å²) >= 11 is 0. The van der Waals surface area contributed by atoms with E-state index in [2.05, 4.69) is 23.9 Å². The minimum atomic E-state index is -0.354. The molecule has 3 aliphatic heterocycles. The number of hydrogen-bond acceptors (Lipinski definition) is 4. The van der Waals surface area contributed by atoms with Crippen molar-refractivity contribution in [2.45, 2.75) is 20.3 Å². The Labute approximate surface area is 179 Å². The van der Waals surface area contributed by atoms with Gasteiger partial charge in [-0.05, 0) is 42.5 Å². The van der Waals surface area contributed by atoms with E-state index in [-0.39, 0.29) is 24.3 Å². The number of amidine groups is 1. The Morgan fingerprint density at radius 3 is 2.58 bits per heavy atom. The second-order valence-electron chi connectivity index (χ2n) is 8.74. The number of nitrogens with zero attached hydrogens (tertiary/aromatic N) is 6. The van der Waals surface area contributed by atoms with Gasteiger partial charge in [-0.1, -0.05) is 13.8 Å². The number of anilines is 1. The largest absolute Gasteiger partial charge is 0.341 e. The summed E-state index contributed by atoms with van der Waals surface area (Å²) in [6, 6.07) is 5.62. The van der Waals surface area contributed by atoms with Gasteiger partial charge in [0, 0.05) is 19.6 Å². The number of amides is 3. The number of carbonyl (C=O) groups excluding carboxylic acids is 2. The minimum Gasteiger partial charge on any atom is -0.341 e. The molecule has 1 saturated heterocycles. The van der Waals surface area contributed by atoms with Gasteiger partial charge in [0.2, 0.25) is 5.91 Å². The summed E-state index contributed by atoms with van der Waals surface area (Å²) < 4.78 is 15.0. The SMILES string of the molecule is C[C@H]1C[C@H](C)CN(C(=O)CN2C(=O)N3CCN=C3c3cnn(-c4ccc(F)cc4)c32)C1. The van der Waals surface area contributed by atoms with Crippen molar-refractivity contribution in [2.24, 2.45) is 16.8 Å². The zero-order valence-corrected chi connectivity index (χ0v) is 17.7. The molecule has 9 heteroatoms. The number of benzene rings is 1. The number of likely N-dealkylation sites (tertiary alicyclic amines) is 1. The molecule has 0 unspecified atom stereocenters. The lowest BCUT2D eigenvalue weighted by atomic mass is 9.92. The third kappa shape index (κ3) is 3.37. The Kier molecular flexibility index (Phi) is 4.75. The maximum atomic E-state index is 13.5. The quantitative estimate of drug-likeness (QED) is 0.760. The molecule has 0 saturated carbocycles. The van der Waals surface area contributed by atoms with Crippen LogP contribution in [-0.2, 0) is 4.79 Å². The summed E-state index contributed by atoms with van der Waals surface area (Å²) in [6.45, 7) is 6.63. The van der Waals surface area contributed by atoms with Crippen molar-refractivity contribution in [2.75, 3.05) is 37.6 Å². The first-order chi connectivity index (χ1) is 14.9. The monoisotopic (exact) mass is 424 g/mol. The van der Waals surface area contributed by atoms with E-state index >= 15 is 0 Å². The van der Waals surface area contributed by atoms with Gasteiger partial charge in [0.05, 0.1) is 24.0 Å². The van der Waals surface area contributed by atoms with Gasteiger partial charge in [-0.25, -0.2) is 13.9 Å². The molecule has 0 N–H and O–H groups in total. The highest BCUT2D eigenvalue weighted by molar-refractivity contribution is 6.20. The van der Waals surface area contributed by atoms with E-state index in [1.807, 2.05) is 4.90 Å². The molecule has 31 heavy (non-hydrogen) atoms. The molecule has 0 radical (unpaired) electrons. The molecular formula is C22H25FN6O2. The van der Waals surface area contributed by atoms with Crippen molar-refractivity contribution in [1.82, 2.24) is 19.6 Å². The molecule has 1 aromatic carbocycles. The van der Waals surface area contributed by atoms with E-state index in [0.717, 1.165) is 6.42 Å². The molecule has 4 heterocycles. The predicted molar refractivity (Wildman–Crippen MR) is 114 cm³/mol. The summed E-state index contributed by atoms with van der Waals surface area (Å²) in [4.78, 5) is 36.0. The summed E-state index contributed by atoms with van der Waals surface area (Å²) in [6.07, 6.45) is 2.76. The van der Waals surface area contributed by atoms with Crippen LogP contribution in [0.4, 0.5) is 15.0 Å². The Morgan fingerprint density at radius 1 is 1.16 bits per heavy atom. The van der Waals surface area contributed by atoms with Gasteiger partial charge in [-0.2, -0.15) is 5.10 Å². The van der Waals surface area contributed by atoms with Gasteiger partial charge < -0.3 is 4.90 Å². The van der Waals surface area contributed by atoms with Gasteiger partial charge in [0.1, 0.15) is 18.2 Å². The molecular weight excluding hydrogens is 399 g/mol. The van der Waals surface area contributed by atoms with E-state index in [1.165, 1.54) is 17.0 Å².